The number of carboxylic acids is 1. The summed E-state index contributed by atoms with van der Waals surface area (Å²) in [6.45, 7) is 2.95. The molecular weight excluding hydrogens is 883 g/mol. The summed E-state index contributed by atoms with van der Waals surface area (Å²) in [7, 11) is 1.80. The lowest BCUT2D eigenvalue weighted by molar-refractivity contribution is -0.134. The molecule has 68 heavy (non-hydrogen) atoms. The van der Waals surface area contributed by atoms with Crippen molar-refractivity contribution in [3.8, 4) is 5.75 Å². The van der Waals surface area contributed by atoms with E-state index in [1.54, 1.807) is 23.9 Å². The molecule has 6 heterocycles. The monoisotopic (exact) mass is 931 g/mol. The maximum absolute atomic E-state index is 13.5. The Morgan fingerprint density at radius 1 is 0.882 bits per heavy atom. The molecule has 16 nitrogen and oxygen atoms in total. The number of nitrogens with zero attached hydrogens (tertiary/aromatic N) is 6. The van der Waals surface area contributed by atoms with Gasteiger partial charge in [-0.1, -0.05) is 47.7 Å². The Morgan fingerprint density at radius 3 is 2.50 bits per heavy atom. The fraction of sp³-hybridized carbons (Fsp3) is 0.294. The number of likely N-dealkylation sites (tertiary alicyclic amines) is 1. The lowest BCUT2D eigenvalue weighted by Crippen LogP contribution is -2.39. The number of para-hydroxylation sites is 1. The fourth-order valence-electron chi connectivity index (χ4n) is 9.58. The van der Waals surface area contributed by atoms with E-state index in [0.717, 1.165) is 64.6 Å². The number of ether oxygens (including phenoxy) is 1. The van der Waals surface area contributed by atoms with E-state index in [2.05, 4.69) is 35.9 Å². The number of fused-ring (bicyclic) bond motifs is 3. The van der Waals surface area contributed by atoms with Crippen LogP contribution in [-0.4, -0.2) is 85.5 Å². The third-order valence-corrected chi connectivity index (χ3v) is 14.1. The number of carbonyl (C=O) groups is 5. The van der Waals surface area contributed by atoms with Gasteiger partial charge in [-0.3, -0.25) is 39.4 Å². The first-order valence-corrected chi connectivity index (χ1v) is 23.6. The minimum atomic E-state index is -1.15. The second-order valence-electron chi connectivity index (χ2n) is 17.7. The van der Waals surface area contributed by atoms with E-state index in [1.807, 2.05) is 89.8 Å². The average molecular weight is 932 g/mol. The maximum atomic E-state index is 13.5. The molecule has 3 aliphatic heterocycles. The zero-order valence-electron chi connectivity index (χ0n) is 37.4. The Labute approximate surface area is 395 Å². The van der Waals surface area contributed by atoms with Gasteiger partial charge in [0.25, 0.3) is 5.91 Å². The SMILES string of the molecule is Cn1nc(C2CCC(=O)NC2=O)c2ccc(NC(=O)CN3CCC(Cc4ccc(OCc5ccc(N6CCc7cccc(C(=O)Nc8nc9ccccc9s8)c7C6)nc5C(=O)O)cc4)CC3)cc21. The van der Waals surface area contributed by atoms with E-state index < -0.39 is 11.9 Å². The number of amides is 4. The van der Waals surface area contributed by atoms with Crippen LogP contribution in [0.1, 0.15) is 80.4 Å². The molecular formula is C51H49N9O7S. The number of aromatic carboxylic acids is 1. The quantitative estimate of drug-likeness (QED) is 0.0858. The molecule has 2 saturated heterocycles. The zero-order chi connectivity index (χ0) is 46.9. The van der Waals surface area contributed by atoms with Gasteiger partial charge in [-0.15, -0.1) is 0 Å². The standard InChI is InChI=1S/C51H49N9O7S/c1-58-41-26-34(12-15-37(41)47(57-58)38-16-18-44(61)55-49(38)64)52-45(62)28-59-22-19-31(20-23-59)25-30-9-13-35(14-10-30)67-29-33-11-17-43(54-46(33)50(65)66)60-24-21-32-5-4-6-36(39(32)27-60)48(63)56-51-53-40-7-2-3-8-42(40)68-51/h2-15,17,26,31,38H,16,18-25,27-29H2,1H3,(H,52,62)(H,65,66)(H,53,56,63)(H,55,61,64). The number of hydrogen-bond acceptors (Lipinski definition) is 12. The molecule has 346 valence electrons. The van der Waals surface area contributed by atoms with E-state index >= 15 is 0 Å². The predicted molar refractivity (Wildman–Crippen MR) is 258 cm³/mol. The summed E-state index contributed by atoms with van der Waals surface area (Å²) in [6.07, 6.45) is 4.19. The summed E-state index contributed by atoms with van der Waals surface area (Å²) in [5.74, 6) is -0.974. The first-order valence-electron chi connectivity index (χ1n) is 22.8. The Bertz CT molecular complexity index is 3070. The highest BCUT2D eigenvalue weighted by Crippen LogP contribution is 2.33. The van der Waals surface area contributed by atoms with Crippen LogP contribution in [0.5, 0.6) is 5.75 Å². The van der Waals surface area contributed by atoms with Crippen molar-refractivity contribution < 1.29 is 33.8 Å². The molecule has 0 bridgehead atoms. The van der Waals surface area contributed by atoms with Crippen molar-refractivity contribution in [1.29, 1.82) is 0 Å². The molecule has 1 unspecified atom stereocenters. The van der Waals surface area contributed by atoms with Gasteiger partial charge in [-0.05, 0) is 128 Å². The Hall–Kier alpha value is -7.50. The third kappa shape index (κ3) is 9.52. The number of aromatic nitrogens is 4. The largest absolute Gasteiger partial charge is 0.489 e. The summed E-state index contributed by atoms with van der Waals surface area (Å²) in [5, 5.41) is 24.6. The van der Waals surface area contributed by atoms with Gasteiger partial charge in [-0.25, -0.2) is 14.8 Å². The number of imide groups is 1. The molecule has 0 radical (unpaired) electrons. The van der Waals surface area contributed by atoms with Gasteiger partial charge in [0.2, 0.25) is 17.7 Å². The van der Waals surface area contributed by atoms with Gasteiger partial charge in [-0.2, -0.15) is 5.10 Å². The van der Waals surface area contributed by atoms with Crippen LogP contribution >= 0.6 is 11.3 Å². The number of pyridine rings is 1. The van der Waals surface area contributed by atoms with Gasteiger partial charge in [0.1, 0.15) is 18.2 Å². The molecule has 4 aromatic carbocycles. The molecule has 2 fully saturated rings. The normalized spacial score (nSPS) is 16.7. The molecule has 3 aromatic heterocycles. The highest BCUT2D eigenvalue weighted by atomic mass is 32.1. The van der Waals surface area contributed by atoms with Gasteiger partial charge in [0, 0.05) is 48.8 Å². The lowest BCUT2D eigenvalue weighted by Gasteiger charge is -2.31. The van der Waals surface area contributed by atoms with Crippen LogP contribution < -0.4 is 25.6 Å². The van der Waals surface area contributed by atoms with E-state index in [9.17, 15) is 29.1 Å². The molecule has 0 spiro atoms. The topological polar surface area (TPSA) is 201 Å². The summed E-state index contributed by atoms with van der Waals surface area (Å²) >= 11 is 1.42. The molecule has 0 aliphatic carbocycles. The molecule has 4 N–H and O–H groups in total. The van der Waals surface area contributed by atoms with Crippen LogP contribution in [0.25, 0.3) is 21.1 Å². The van der Waals surface area contributed by atoms with Gasteiger partial charge in [0.15, 0.2) is 10.8 Å². The van der Waals surface area contributed by atoms with Gasteiger partial charge in [0.05, 0.1) is 33.9 Å². The predicted octanol–water partition coefficient (Wildman–Crippen LogP) is 7.08. The van der Waals surface area contributed by atoms with Crippen molar-refractivity contribution in [3.63, 3.8) is 0 Å². The fourth-order valence-corrected chi connectivity index (χ4v) is 10.4. The van der Waals surface area contributed by atoms with E-state index in [-0.39, 0.29) is 48.9 Å². The van der Waals surface area contributed by atoms with Crippen molar-refractivity contribution in [2.24, 2.45) is 13.0 Å². The zero-order valence-corrected chi connectivity index (χ0v) is 38.2. The average Bonchev–Trinajstić information content (AvgIpc) is 3.90. The van der Waals surface area contributed by atoms with Gasteiger partial charge < -0.3 is 20.1 Å². The molecule has 0 saturated carbocycles. The maximum Gasteiger partial charge on any atom is 0.354 e. The second kappa shape index (κ2) is 19.0. The number of benzene rings is 4. The van der Waals surface area contributed by atoms with Crippen LogP contribution in [0.4, 0.5) is 16.6 Å². The summed E-state index contributed by atoms with van der Waals surface area (Å²) in [6, 6.07) is 30.5. The van der Waals surface area contributed by atoms with Crippen molar-refractivity contribution in [3.05, 3.63) is 136 Å². The summed E-state index contributed by atoms with van der Waals surface area (Å²) in [4.78, 5) is 76.7. The number of thiazole rings is 1. The van der Waals surface area contributed by atoms with Crippen LogP contribution in [0.2, 0.25) is 0 Å². The number of hydrogen-bond donors (Lipinski definition) is 4. The third-order valence-electron chi connectivity index (χ3n) is 13.2. The van der Waals surface area contributed by atoms with Crippen LogP contribution in [0.3, 0.4) is 0 Å². The Kier molecular flexibility index (Phi) is 12.4. The van der Waals surface area contributed by atoms with E-state index in [0.29, 0.717) is 71.1 Å². The lowest BCUT2D eigenvalue weighted by atomic mass is 9.90. The summed E-state index contributed by atoms with van der Waals surface area (Å²) < 4.78 is 8.78. The number of carbonyl (C=O) groups excluding carboxylic acids is 4. The molecule has 1 atom stereocenters. The summed E-state index contributed by atoms with van der Waals surface area (Å²) in [5.41, 5.74) is 6.95. The number of carboxylic acid groups (broad SMARTS) is 1. The number of nitrogens with one attached hydrogen (secondary N) is 3. The Balaban J connectivity index is 0.696. The van der Waals surface area contributed by atoms with Crippen molar-refractivity contribution in [2.45, 2.75) is 57.6 Å². The first kappa shape index (κ1) is 44.3. The van der Waals surface area contributed by atoms with Gasteiger partial charge >= 0.3 is 5.97 Å². The highest BCUT2D eigenvalue weighted by Gasteiger charge is 2.32. The van der Waals surface area contributed by atoms with Crippen molar-refractivity contribution in [2.75, 3.05) is 41.7 Å². The van der Waals surface area contributed by atoms with Crippen LogP contribution in [0.15, 0.2) is 97.1 Å². The molecule has 4 amide bonds. The number of aryl methyl sites for hydroxylation is 1. The van der Waals surface area contributed by atoms with Crippen LogP contribution in [0, 0.1) is 5.92 Å². The first-order chi connectivity index (χ1) is 33.0. The van der Waals surface area contributed by atoms with E-state index in [4.69, 9.17) is 4.74 Å². The smallest absolute Gasteiger partial charge is 0.354 e. The van der Waals surface area contributed by atoms with Crippen molar-refractivity contribution >= 4 is 78.7 Å². The number of anilines is 3. The van der Waals surface area contributed by atoms with E-state index in [1.165, 1.54) is 16.9 Å². The molecule has 10 rings (SSSR count). The minimum Gasteiger partial charge on any atom is -0.489 e. The molecule has 17 heteroatoms. The minimum absolute atomic E-state index is 0.0304. The van der Waals surface area contributed by atoms with Crippen molar-refractivity contribution in [1.82, 2.24) is 30.0 Å². The second-order valence-corrected chi connectivity index (χ2v) is 18.7. The van der Waals surface area contributed by atoms with Crippen LogP contribution in [-0.2, 0) is 47.4 Å². The highest BCUT2D eigenvalue weighted by molar-refractivity contribution is 7.22. The Morgan fingerprint density at radius 2 is 1.71 bits per heavy atom. The molecule has 7 aromatic rings. The number of rotatable bonds is 13. The molecule has 3 aliphatic rings. The number of piperidine rings is 2.